The highest BCUT2D eigenvalue weighted by Gasteiger charge is 2.14. The van der Waals surface area contributed by atoms with Crippen LogP contribution < -0.4 is 10.5 Å². The average molecular weight is 261 g/mol. The number of benzene rings is 1. The minimum Gasteiger partial charge on any atom is -0.493 e. The molecule has 0 saturated heterocycles. The summed E-state index contributed by atoms with van der Waals surface area (Å²) in [6.07, 6.45) is 2.87. The lowest BCUT2D eigenvalue weighted by atomic mass is 10.1. The molecule has 2 N–H and O–H groups in total. The Hall–Kier alpha value is -1.46. The fourth-order valence-corrected chi connectivity index (χ4v) is 2.92. The second-order valence-corrected chi connectivity index (χ2v) is 5.38. The molecule has 0 fully saturated rings. The molecule has 0 radical (unpaired) electrons. The Morgan fingerprint density at radius 3 is 3.17 bits per heavy atom. The van der Waals surface area contributed by atoms with Crippen molar-refractivity contribution in [1.82, 2.24) is 10.2 Å². The topological polar surface area (TPSA) is 61.0 Å². The molecular weight excluding hydrogens is 246 g/mol. The van der Waals surface area contributed by atoms with Gasteiger partial charge in [0.1, 0.15) is 15.8 Å². The Labute approximate surface area is 110 Å². The predicted molar refractivity (Wildman–Crippen MR) is 71.9 cm³/mol. The Bertz CT molecular complexity index is 553. The standard InChI is InChI=1S/C13H15N3OS/c14-6-1-2-12-15-16-13(18-12)10-3-4-11-9(8-10)5-7-17-11/h3-4,8H,1-2,5-7,14H2. The smallest absolute Gasteiger partial charge is 0.147 e. The first kappa shape index (κ1) is 11.6. The van der Waals surface area contributed by atoms with Crippen LogP contribution in [-0.4, -0.2) is 23.3 Å². The zero-order chi connectivity index (χ0) is 12.4. The third kappa shape index (κ3) is 2.23. The first-order valence-corrected chi connectivity index (χ1v) is 6.97. The maximum Gasteiger partial charge on any atom is 0.147 e. The van der Waals surface area contributed by atoms with Gasteiger partial charge in [0, 0.05) is 18.4 Å². The van der Waals surface area contributed by atoms with Gasteiger partial charge < -0.3 is 10.5 Å². The fourth-order valence-electron chi connectivity index (χ4n) is 2.04. The summed E-state index contributed by atoms with van der Waals surface area (Å²) in [6.45, 7) is 1.49. The van der Waals surface area contributed by atoms with Crippen LogP contribution in [0.1, 0.15) is 17.0 Å². The van der Waals surface area contributed by atoms with E-state index in [0.29, 0.717) is 6.54 Å². The van der Waals surface area contributed by atoms with Gasteiger partial charge in [-0.3, -0.25) is 0 Å². The fraction of sp³-hybridized carbons (Fsp3) is 0.385. The Kier molecular flexibility index (Phi) is 3.25. The quantitative estimate of drug-likeness (QED) is 0.914. The summed E-state index contributed by atoms with van der Waals surface area (Å²) in [7, 11) is 0. The monoisotopic (exact) mass is 261 g/mol. The van der Waals surface area contributed by atoms with Crippen molar-refractivity contribution in [3.8, 4) is 16.3 Å². The van der Waals surface area contributed by atoms with Crippen molar-refractivity contribution in [1.29, 1.82) is 0 Å². The lowest BCUT2D eigenvalue weighted by Crippen LogP contribution is -1.99. The van der Waals surface area contributed by atoms with E-state index in [1.807, 2.05) is 6.07 Å². The Morgan fingerprint density at radius 1 is 1.33 bits per heavy atom. The van der Waals surface area contributed by atoms with Crippen LogP contribution in [0.5, 0.6) is 5.75 Å². The van der Waals surface area contributed by atoms with Gasteiger partial charge in [-0.2, -0.15) is 0 Å². The summed E-state index contributed by atoms with van der Waals surface area (Å²) < 4.78 is 5.50. The summed E-state index contributed by atoms with van der Waals surface area (Å²) in [5.41, 5.74) is 7.90. The molecule has 0 aliphatic carbocycles. The molecule has 0 saturated carbocycles. The van der Waals surface area contributed by atoms with E-state index in [1.165, 1.54) is 5.56 Å². The van der Waals surface area contributed by atoms with E-state index in [4.69, 9.17) is 10.5 Å². The average Bonchev–Trinajstić information content (AvgIpc) is 3.04. The first-order chi connectivity index (χ1) is 8.86. The van der Waals surface area contributed by atoms with Crippen molar-refractivity contribution in [3.05, 3.63) is 28.8 Å². The summed E-state index contributed by atoms with van der Waals surface area (Å²) >= 11 is 1.65. The van der Waals surface area contributed by atoms with Gasteiger partial charge in [0.05, 0.1) is 6.61 Å². The Morgan fingerprint density at radius 2 is 2.28 bits per heavy atom. The molecule has 2 aromatic rings. The molecule has 1 aromatic carbocycles. The highest BCUT2D eigenvalue weighted by molar-refractivity contribution is 7.14. The molecule has 0 bridgehead atoms. The van der Waals surface area contributed by atoms with Crippen LogP contribution in [0.3, 0.4) is 0 Å². The molecule has 5 heteroatoms. The molecule has 0 amide bonds. The van der Waals surface area contributed by atoms with Crippen LogP contribution in [0.2, 0.25) is 0 Å². The van der Waals surface area contributed by atoms with Crippen LogP contribution in [0.4, 0.5) is 0 Å². The summed E-state index contributed by atoms with van der Waals surface area (Å²) in [4.78, 5) is 0. The van der Waals surface area contributed by atoms with Crippen LogP contribution in [-0.2, 0) is 12.8 Å². The molecule has 3 rings (SSSR count). The zero-order valence-electron chi connectivity index (χ0n) is 10.1. The Balaban J connectivity index is 1.83. The number of hydrogen-bond acceptors (Lipinski definition) is 5. The maximum atomic E-state index is 5.50. The van der Waals surface area contributed by atoms with Gasteiger partial charge in [0.15, 0.2) is 0 Å². The normalized spacial score (nSPS) is 13.4. The SMILES string of the molecule is NCCCc1nnc(-c2ccc3c(c2)CCO3)s1. The summed E-state index contributed by atoms with van der Waals surface area (Å²) in [5, 5.41) is 10.5. The second kappa shape index (κ2) is 5.04. The molecule has 1 aliphatic rings. The van der Waals surface area contributed by atoms with Gasteiger partial charge in [0.2, 0.25) is 0 Å². The summed E-state index contributed by atoms with van der Waals surface area (Å²) in [6, 6.07) is 6.24. The van der Waals surface area contributed by atoms with Crippen LogP contribution >= 0.6 is 11.3 Å². The number of nitrogens with zero attached hydrogens (tertiary/aromatic N) is 2. The summed E-state index contributed by atoms with van der Waals surface area (Å²) in [5.74, 6) is 1.01. The van der Waals surface area contributed by atoms with Crippen molar-refractivity contribution in [3.63, 3.8) is 0 Å². The lowest BCUT2D eigenvalue weighted by Gasteiger charge is -2.00. The minimum atomic E-state index is 0.700. The van der Waals surface area contributed by atoms with Gasteiger partial charge in [-0.25, -0.2) is 0 Å². The van der Waals surface area contributed by atoms with Gasteiger partial charge in [-0.05, 0) is 36.7 Å². The third-order valence-corrected chi connectivity index (χ3v) is 4.03. The number of rotatable bonds is 4. The number of aryl methyl sites for hydroxylation is 1. The van der Waals surface area contributed by atoms with E-state index < -0.39 is 0 Å². The molecule has 18 heavy (non-hydrogen) atoms. The van der Waals surface area contributed by atoms with E-state index in [9.17, 15) is 0 Å². The molecule has 0 spiro atoms. The van der Waals surface area contributed by atoms with E-state index in [2.05, 4.69) is 22.3 Å². The lowest BCUT2D eigenvalue weighted by molar-refractivity contribution is 0.357. The maximum absolute atomic E-state index is 5.50. The highest BCUT2D eigenvalue weighted by Crippen LogP contribution is 2.31. The molecule has 1 aromatic heterocycles. The molecule has 94 valence electrons. The van der Waals surface area contributed by atoms with Gasteiger partial charge in [-0.1, -0.05) is 11.3 Å². The predicted octanol–water partition coefficient (Wildman–Crippen LogP) is 2.03. The largest absolute Gasteiger partial charge is 0.493 e. The number of nitrogens with two attached hydrogens (primary N) is 1. The van der Waals surface area contributed by atoms with Gasteiger partial charge >= 0.3 is 0 Å². The van der Waals surface area contributed by atoms with Crippen molar-refractivity contribution in [2.24, 2.45) is 5.73 Å². The molecule has 0 unspecified atom stereocenters. The van der Waals surface area contributed by atoms with Crippen molar-refractivity contribution in [2.75, 3.05) is 13.2 Å². The van der Waals surface area contributed by atoms with E-state index in [1.54, 1.807) is 11.3 Å². The molecule has 2 heterocycles. The van der Waals surface area contributed by atoms with E-state index in [-0.39, 0.29) is 0 Å². The number of aromatic nitrogens is 2. The van der Waals surface area contributed by atoms with Crippen LogP contribution in [0.25, 0.3) is 10.6 Å². The minimum absolute atomic E-state index is 0.700. The highest BCUT2D eigenvalue weighted by atomic mass is 32.1. The van der Waals surface area contributed by atoms with E-state index in [0.717, 1.165) is 47.2 Å². The molecule has 4 nitrogen and oxygen atoms in total. The van der Waals surface area contributed by atoms with Crippen LogP contribution in [0, 0.1) is 0 Å². The third-order valence-electron chi connectivity index (χ3n) is 3.00. The van der Waals surface area contributed by atoms with Crippen molar-refractivity contribution in [2.45, 2.75) is 19.3 Å². The zero-order valence-corrected chi connectivity index (χ0v) is 10.9. The number of hydrogen-bond donors (Lipinski definition) is 1. The van der Waals surface area contributed by atoms with Crippen LogP contribution in [0.15, 0.2) is 18.2 Å². The molecule has 1 aliphatic heterocycles. The molecule has 0 atom stereocenters. The van der Waals surface area contributed by atoms with E-state index >= 15 is 0 Å². The number of fused-ring (bicyclic) bond motifs is 1. The van der Waals surface area contributed by atoms with Gasteiger partial charge in [-0.15, -0.1) is 10.2 Å². The first-order valence-electron chi connectivity index (χ1n) is 6.15. The second-order valence-electron chi connectivity index (χ2n) is 4.31. The van der Waals surface area contributed by atoms with Gasteiger partial charge in [0.25, 0.3) is 0 Å². The molecular formula is C13H15N3OS. The number of ether oxygens (including phenoxy) is 1. The van der Waals surface area contributed by atoms with Crippen molar-refractivity contribution >= 4 is 11.3 Å². The van der Waals surface area contributed by atoms with Crippen molar-refractivity contribution < 1.29 is 4.74 Å².